The van der Waals surface area contributed by atoms with Gasteiger partial charge in [0.05, 0.1) is 12.2 Å². The molecule has 0 spiro atoms. The first-order chi connectivity index (χ1) is 14.3. The lowest BCUT2D eigenvalue weighted by Gasteiger charge is -2.26. The molecule has 10 heteroatoms. The largest absolute Gasteiger partial charge is 0.463 e. The molecule has 1 aromatic carbocycles. The third-order valence-corrected chi connectivity index (χ3v) is 5.72. The minimum atomic E-state index is -1.08. The average Bonchev–Trinajstić information content (AvgIpc) is 3.22. The van der Waals surface area contributed by atoms with Crippen molar-refractivity contribution < 1.29 is 23.5 Å². The number of rotatable bonds is 6. The second-order valence-corrected chi connectivity index (χ2v) is 8.10. The van der Waals surface area contributed by atoms with Crippen molar-refractivity contribution in [1.82, 2.24) is 10.3 Å². The van der Waals surface area contributed by atoms with Gasteiger partial charge >= 0.3 is 11.9 Å². The highest BCUT2D eigenvalue weighted by molar-refractivity contribution is 9.10. The lowest BCUT2D eigenvalue weighted by molar-refractivity contribution is -0.164. The second-order valence-electron chi connectivity index (χ2n) is 6.35. The summed E-state index contributed by atoms with van der Waals surface area (Å²) in [5.74, 6) is -1.30. The Balaban J connectivity index is 2.00. The number of amidine groups is 1. The van der Waals surface area contributed by atoms with Crippen LogP contribution < -0.4 is 5.32 Å². The van der Waals surface area contributed by atoms with Crippen molar-refractivity contribution in [3.8, 4) is 0 Å². The molecule has 2 heterocycles. The lowest BCUT2D eigenvalue weighted by atomic mass is 9.96. The van der Waals surface area contributed by atoms with Gasteiger partial charge in [0, 0.05) is 21.7 Å². The van der Waals surface area contributed by atoms with Crippen LogP contribution >= 0.6 is 27.3 Å². The molecule has 0 unspecified atom stereocenters. The summed E-state index contributed by atoms with van der Waals surface area (Å²) in [5, 5.41) is 5.53. The van der Waals surface area contributed by atoms with Crippen LogP contribution in [0.2, 0.25) is 0 Å². The summed E-state index contributed by atoms with van der Waals surface area (Å²) in [6.45, 7) is 4.99. The third kappa shape index (κ3) is 4.76. The van der Waals surface area contributed by atoms with E-state index in [1.165, 1.54) is 30.4 Å². The molecule has 0 saturated heterocycles. The van der Waals surface area contributed by atoms with Crippen LogP contribution in [0.25, 0.3) is 0 Å². The van der Waals surface area contributed by atoms with Gasteiger partial charge in [0.1, 0.15) is 11.9 Å². The van der Waals surface area contributed by atoms with Crippen LogP contribution in [0.5, 0.6) is 0 Å². The van der Waals surface area contributed by atoms with Gasteiger partial charge in [-0.15, -0.1) is 11.3 Å². The van der Waals surface area contributed by atoms with Gasteiger partial charge in [0.25, 0.3) is 0 Å². The van der Waals surface area contributed by atoms with Gasteiger partial charge in [0.2, 0.25) is 0 Å². The van der Waals surface area contributed by atoms with Crippen LogP contribution in [0, 0.1) is 5.82 Å². The quantitative estimate of drug-likeness (QED) is 0.611. The molecule has 1 aromatic heterocycles. The van der Waals surface area contributed by atoms with E-state index in [0.717, 1.165) is 0 Å². The predicted octanol–water partition coefficient (Wildman–Crippen LogP) is 3.90. The van der Waals surface area contributed by atoms with Crippen LogP contribution in [0.4, 0.5) is 4.39 Å². The highest BCUT2D eigenvalue weighted by Crippen LogP contribution is 2.36. The molecule has 1 N–H and O–H groups in total. The van der Waals surface area contributed by atoms with Crippen molar-refractivity contribution in [3.63, 3.8) is 0 Å². The molecule has 0 fully saturated rings. The molecule has 0 aliphatic carbocycles. The summed E-state index contributed by atoms with van der Waals surface area (Å²) in [6.07, 6.45) is 0.566. The van der Waals surface area contributed by atoms with Crippen molar-refractivity contribution in [1.29, 1.82) is 0 Å². The third-order valence-electron chi connectivity index (χ3n) is 4.26. The minimum Gasteiger partial charge on any atom is -0.463 e. The maximum Gasteiger partial charge on any atom is 0.347 e. The summed E-state index contributed by atoms with van der Waals surface area (Å²) in [4.78, 5) is 33.8. The Morgan fingerprint density at radius 2 is 2.17 bits per heavy atom. The van der Waals surface area contributed by atoms with Gasteiger partial charge in [0.15, 0.2) is 16.9 Å². The molecular weight excluding hydrogens is 477 g/mol. The fourth-order valence-electron chi connectivity index (χ4n) is 2.87. The Hall–Kier alpha value is -2.59. The Labute approximate surface area is 185 Å². The van der Waals surface area contributed by atoms with Gasteiger partial charge in [-0.2, -0.15) is 0 Å². The highest BCUT2D eigenvalue weighted by atomic mass is 79.9. The molecule has 2 atom stereocenters. The fraction of sp³-hybridized carbons (Fsp3) is 0.300. The molecule has 30 heavy (non-hydrogen) atoms. The van der Waals surface area contributed by atoms with Crippen LogP contribution in [0.3, 0.4) is 0 Å². The van der Waals surface area contributed by atoms with E-state index < -0.39 is 29.9 Å². The van der Waals surface area contributed by atoms with Crippen molar-refractivity contribution in [2.45, 2.75) is 32.9 Å². The molecule has 0 amide bonds. The van der Waals surface area contributed by atoms with E-state index in [1.54, 1.807) is 26.1 Å². The number of hydrogen-bond acceptors (Lipinski definition) is 8. The number of aliphatic imine (C=N–C) groups is 1. The molecular formula is C20H19BrFN3O4S. The summed E-state index contributed by atoms with van der Waals surface area (Å²) in [6, 6.07) is 3.35. The summed E-state index contributed by atoms with van der Waals surface area (Å²) >= 11 is 4.74. The monoisotopic (exact) mass is 495 g/mol. The van der Waals surface area contributed by atoms with E-state index in [-0.39, 0.29) is 12.2 Å². The van der Waals surface area contributed by atoms with E-state index in [4.69, 9.17) is 9.47 Å². The SMILES string of the molecule is CCOC(=O)[C@@H](C)OC(=O)C1=C(C)NC(c2nccs2)=N[C@H]1c1ccc(F)cc1Br. The van der Waals surface area contributed by atoms with Crippen LogP contribution in [-0.4, -0.2) is 35.5 Å². The molecule has 1 aliphatic heterocycles. The van der Waals surface area contributed by atoms with E-state index in [1.807, 2.05) is 5.38 Å². The summed E-state index contributed by atoms with van der Waals surface area (Å²) < 4.78 is 24.3. The van der Waals surface area contributed by atoms with Gasteiger partial charge in [-0.1, -0.05) is 22.0 Å². The molecule has 2 aromatic rings. The van der Waals surface area contributed by atoms with Crippen molar-refractivity contribution in [2.24, 2.45) is 4.99 Å². The van der Waals surface area contributed by atoms with Crippen molar-refractivity contribution >= 4 is 45.0 Å². The molecule has 0 radical (unpaired) electrons. The van der Waals surface area contributed by atoms with Gasteiger partial charge in [-0.05, 0) is 38.5 Å². The van der Waals surface area contributed by atoms with Gasteiger partial charge in [-0.3, -0.25) is 4.99 Å². The number of carbonyl (C=O) groups excluding carboxylic acids is 2. The number of hydrogen-bond donors (Lipinski definition) is 1. The smallest absolute Gasteiger partial charge is 0.347 e. The van der Waals surface area contributed by atoms with Crippen molar-refractivity contribution in [3.05, 3.63) is 61.9 Å². The number of ether oxygens (including phenoxy) is 2. The number of carbonyl (C=O) groups is 2. The molecule has 3 rings (SSSR count). The zero-order valence-electron chi connectivity index (χ0n) is 16.4. The Bertz CT molecular complexity index is 1020. The normalized spacial score (nSPS) is 17.1. The maximum absolute atomic E-state index is 13.6. The first-order valence-corrected chi connectivity index (χ1v) is 10.8. The Kier molecular flexibility index (Phi) is 6.99. The van der Waals surface area contributed by atoms with Crippen LogP contribution in [0.15, 0.2) is 50.5 Å². The van der Waals surface area contributed by atoms with Gasteiger partial charge in [-0.25, -0.2) is 19.0 Å². The summed E-state index contributed by atoms with van der Waals surface area (Å²) in [7, 11) is 0. The number of halogens is 2. The number of aromatic nitrogens is 1. The van der Waals surface area contributed by atoms with E-state index in [9.17, 15) is 14.0 Å². The molecule has 7 nitrogen and oxygen atoms in total. The van der Waals surface area contributed by atoms with Crippen LogP contribution in [0.1, 0.15) is 37.4 Å². The highest BCUT2D eigenvalue weighted by Gasteiger charge is 2.34. The Morgan fingerprint density at radius 1 is 1.40 bits per heavy atom. The number of allylic oxidation sites excluding steroid dienone is 1. The Morgan fingerprint density at radius 3 is 2.80 bits per heavy atom. The number of nitrogens with one attached hydrogen (secondary N) is 1. The topological polar surface area (TPSA) is 89.9 Å². The lowest BCUT2D eigenvalue weighted by Crippen LogP contribution is -2.35. The minimum absolute atomic E-state index is 0.177. The first-order valence-electron chi connectivity index (χ1n) is 9.09. The van der Waals surface area contributed by atoms with Crippen LogP contribution in [-0.2, 0) is 19.1 Å². The molecule has 158 valence electrons. The molecule has 0 bridgehead atoms. The zero-order chi connectivity index (χ0) is 21.8. The molecule has 1 aliphatic rings. The molecule has 0 saturated carbocycles. The zero-order valence-corrected chi connectivity index (χ0v) is 18.8. The number of esters is 2. The van der Waals surface area contributed by atoms with E-state index in [0.29, 0.717) is 26.6 Å². The number of nitrogens with zero attached hydrogens (tertiary/aromatic N) is 2. The maximum atomic E-state index is 13.6. The first kappa shape index (κ1) is 22.1. The number of thiazole rings is 1. The summed E-state index contributed by atoms with van der Waals surface area (Å²) in [5.41, 5.74) is 1.28. The second kappa shape index (κ2) is 9.48. The standard InChI is InChI=1S/C20H19BrFN3O4S/c1-4-28-19(26)11(3)29-20(27)15-10(2)24-17(18-23-7-8-30-18)25-16(15)13-6-5-12(22)9-14(13)21/h5-9,11,16H,4H2,1-3H3,(H,24,25)/t11-,16+/m1/s1. The fourth-order valence-corrected chi connectivity index (χ4v) is 4.03. The van der Waals surface area contributed by atoms with E-state index in [2.05, 4.69) is 31.2 Å². The van der Waals surface area contributed by atoms with Crippen molar-refractivity contribution in [2.75, 3.05) is 6.61 Å². The predicted molar refractivity (Wildman–Crippen MR) is 114 cm³/mol. The average molecular weight is 496 g/mol. The van der Waals surface area contributed by atoms with Gasteiger partial charge < -0.3 is 14.8 Å². The number of benzene rings is 1. The van der Waals surface area contributed by atoms with E-state index >= 15 is 0 Å².